The molecular formula is C18H26N2O. The lowest BCUT2D eigenvalue weighted by molar-refractivity contribution is 0.166. The molecule has 114 valence electrons. The third kappa shape index (κ3) is 3.47. The van der Waals surface area contributed by atoms with Gasteiger partial charge in [-0.2, -0.15) is 0 Å². The second kappa shape index (κ2) is 6.63. The van der Waals surface area contributed by atoms with Gasteiger partial charge in [-0.25, -0.2) is 0 Å². The third-order valence-corrected chi connectivity index (χ3v) is 4.67. The maximum atomic E-state index is 6.35. The first-order chi connectivity index (χ1) is 10.3. The van der Waals surface area contributed by atoms with Gasteiger partial charge in [0.05, 0.1) is 6.04 Å². The van der Waals surface area contributed by atoms with Crippen molar-refractivity contribution in [1.29, 1.82) is 0 Å². The fraction of sp³-hybridized carbons (Fsp3) is 0.556. The molecule has 3 rings (SSSR count). The van der Waals surface area contributed by atoms with Crippen LogP contribution >= 0.6 is 0 Å². The van der Waals surface area contributed by atoms with Crippen molar-refractivity contribution < 1.29 is 4.42 Å². The number of rotatable bonds is 5. The van der Waals surface area contributed by atoms with Gasteiger partial charge in [0.1, 0.15) is 11.3 Å². The normalized spacial score (nSPS) is 19.1. The molecule has 1 unspecified atom stereocenters. The number of likely N-dealkylation sites (tertiary alicyclic amines) is 1. The van der Waals surface area contributed by atoms with E-state index in [0.717, 1.165) is 29.2 Å². The zero-order chi connectivity index (χ0) is 14.7. The lowest BCUT2D eigenvalue weighted by atomic mass is 9.92. The Hall–Kier alpha value is -1.32. The Kier molecular flexibility index (Phi) is 4.61. The lowest BCUT2D eigenvalue weighted by Crippen LogP contribution is -2.38. The number of furan rings is 1. The number of fused-ring (bicyclic) bond motifs is 1. The van der Waals surface area contributed by atoms with Crippen molar-refractivity contribution in [3.05, 3.63) is 36.1 Å². The molecule has 0 bridgehead atoms. The Morgan fingerprint density at radius 1 is 1.29 bits per heavy atom. The second-order valence-corrected chi connectivity index (χ2v) is 6.33. The van der Waals surface area contributed by atoms with E-state index < -0.39 is 0 Å². The number of para-hydroxylation sites is 1. The average Bonchev–Trinajstić information content (AvgIpc) is 2.94. The summed E-state index contributed by atoms with van der Waals surface area (Å²) < 4.78 is 5.88. The molecule has 1 fully saturated rings. The molecular weight excluding hydrogens is 260 g/mol. The second-order valence-electron chi connectivity index (χ2n) is 6.33. The largest absolute Gasteiger partial charge is 0.459 e. The number of hydrogen-bond acceptors (Lipinski definition) is 3. The number of nitrogens with two attached hydrogens (primary N) is 1. The van der Waals surface area contributed by atoms with Crippen LogP contribution in [0, 0.1) is 5.92 Å². The van der Waals surface area contributed by atoms with E-state index in [1.165, 1.54) is 38.8 Å². The molecule has 0 amide bonds. The molecule has 1 aromatic carbocycles. The highest BCUT2D eigenvalue weighted by atomic mass is 16.3. The highest BCUT2D eigenvalue weighted by Gasteiger charge is 2.21. The summed E-state index contributed by atoms with van der Waals surface area (Å²) in [6.45, 7) is 5.54. The van der Waals surface area contributed by atoms with E-state index in [4.69, 9.17) is 10.2 Å². The Morgan fingerprint density at radius 3 is 2.76 bits per heavy atom. The van der Waals surface area contributed by atoms with Crippen LogP contribution in [0.3, 0.4) is 0 Å². The third-order valence-electron chi connectivity index (χ3n) is 4.67. The zero-order valence-electron chi connectivity index (χ0n) is 12.9. The number of hydrogen-bond donors (Lipinski definition) is 1. The molecule has 1 atom stereocenters. The van der Waals surface area contributed by atoms with Crippen LogP contribution in [0.2, 0.25) is 0 Å². The fourth-order valence-corrected chi connectivity index (χ4v) is 3.42. The van der Waals surface area contributed by atoms with Gasteiger partial charge < -0.3 is 15.1 Å². The summed E-state index contributed by atoms with van der Waals surface area (Å²) in [7, 11) is 0. The molecule has 1 aliphatic rings. The molecule has 2 N–H and O–H groups in total. The van der Waals surface area contributed by atoms with Crippen molar-refractivity contribution in [2.24, 2.45) is 11.7 Å². The van der Waals surface area contributed by atoms with E-state index in [-0.39, 0.29) is 6.04 Å². The predicted molar refractivity (Wildman–Crippen MR) is 87.2 cm³/mol. The van der Waals surface area contributed by atoms with E-state index in [0.29, 0.717) is 0 Å². The molecule has 1 aliphatic heterocycles. The van der Waals surface area contributed by atoms with Crippen LogP contribution in [0.25, 0.3) is 11.0 Å². The molecule has 0 aliphatic carbocycles. The first kappa shape index (κ1) is 14.6. The van der Waals surface area contributed by atoms with Gasteiger partial charge in [-0.1, -0.05) is 38.0 Å². The summed E-state index contributed by atoms with van der Waals surface area (Å²) in [6.07, 6.45) is 5.33. The van der Waals surface area contributed by atoms with E-state index in [9.17, 15) is 0 Å². The maximum Gasteiger partial charge on any atom is 0.134 e. The van der Waals surface area contributed by atoms with Crippen LogP contribution in [0.4, 0.5) is 0 Å². The zero-order valence-corrected chi connectivity index (χ0v) is 12.9. The molecule has 21 heavy (non-hydrogen) atoms. The van der Waals surface area contributed by atoms with Gasteiger partial charge >= 0.3 is 0 Å². The first-order valence-electron chi connectivity index (χ1n) is 8.22. The van der Waals surface area contributed by atoms with Crippen LogP contribution < -0.4 is 5.73 Å². The summed E-state index contributed by atoms with van der Waals surface area (Å²) in [5.74, 6) is 1.83. The van der Waals surface area contributed by atoms with Crippen molar-refractivity contribution in [2.45, 2.75) is 38.6 Å². The van der Waals surface area contributed by atoms with Crippen LogP contribution in [0.15, 0.2) is 34.7 Å². The van der Waals surface area contributed by atoms with Crippen molar-refractivity contribution in [1.82, 2.24) is 4.90 Å². The average molecular weight is 286 g/mol. The molecule has 1 saturated heterocycles. The lowest BCUT2D eigenvalue weighted by Gasteiger charge is -2.33. The van der Waals surface area contributed by atoms with Crippen molar-refractivity contribution in [3.63, 3.8) is 0 Å². The molecule has 3 heteroatoms. The Morgan fingerprint density at radius 2 is 2.05 bits per heavy atom. The van der Waals surface area contributed by atoms with E-state index in [2.05, 4.69) is 24.0 Å². The van der Waals surface area contributed by atoms with Gasteiger partial charge in [-0.3, -0.25) is 0 Å². The standard InChI is InChI=1S/C18H26N2O/c1-2-5-14-8-10-20(11-9-14)13-16(19)18-12-15-6-3-4-7-17(15)21-18/h3-4,6-7,12,14,16H,2,5,8-11,13,19H2,1H3. The Labute approximate surface area is 127 Å². The quantitative estimate of drug-likeness (QED) is 0.905. The fourth-order valence-electron chi connectivity index (χ4n) is 3.42. The molecule has 3 nitrogen and oxygen atoms in total. The maximum absolute atomic E-state index is 6.35. The van der Waals surface area contributed by atoms with Crippen LogP contribution in [0.5, 0.6) is 0 Å². The van der Waals surface area contributed by atoms with Crippen molar-refractivity contribution >= 4 is 11.0 Å². The molecule has 1 aromatic heterocycles. The Bertz CT molecular complexity index is 536. The monoisotopic (exact) mass is 286 g/mol. The minimum absolute atomic E-state index is 0.0277. The molecule has 0 radical (unpaired) electrons. The van der Waals surface area contributed by atoms with E-state index >= 15 is 0 Å². The number of piperidine rings is 1. The van der Waals surface area contributed by atoms with Gasteiger partial charge in [0.2, 0.25) is 0 Å². The van der Waals surface area contributed by atoms with Gasteiger partial charge in [0.25, 0.3) is 0 Å². The highest BCUT2D eigenvalue weighted by molar-refractivity contribution is 5.77. The summed E-state index contributed by atoms with van der Waals surface area (Å²) >= 11 is 0. The SMILES string of the molecule is CCCC1CCN(CC(N)c2cc3ccccc3o2)CC1. The van der Waals surface area contributed by atoms with Crippen LogP contribution in [0.1, 0.15) is 44.4 Å². The Balaban J connectivity index is 1.58. The van der Waals surface area contributed by atoms with Gasteiger partial charge in [-0.05, 0) is 44.0 Å². The summed E-state index contributed by atoms with van der Waals surface area (Å²) in [5.41, 5.74) is 7.28. The summed E-state index contributed by atoms with van der Waals surface area (Å²) in [5, 5.41) is 1.14. The topological polar surface area (TPSA) is 42.4 Å². The summed E-state index contributed by atoms with van der Waals surface area (Å²) in [6, 6.07) is 10.2. The molecule has 2 aromatic rings. The van der Waals surface area contributed by atoms with Crippen LogP contribution in [-0.2, 0) is 0 Å². The van der Waals surface area contributed by atoms with Crippen molar-refractivity contribution in [3.8, 4) is 0 Å². The van der Waals surface area contributed by atoms with Gasteiger partial charge in [0.15, 0.2) is 0 Å². The van der Waals surface area contributed by atoms with Crippen LogP contribution in [-0.4, -0.2) is 24.5 Å². The highest BCUT2D eigenvalue weighted by Crippen LogP contribution is 2.26. The molecule has 2 heterocycles. The van der Waals surface area contributed by atoms with E-state index in [1.807, 2.05) is 18.2 Å². The van der Waals surface area contributed by atoms with E-state index in [1.54, 1.807) is 0 Å². The number of nitrogens with zero attached hydrogens (tertiary/aromatic N) is 1. The number of benzene rings is 1. The molecule has 0 spiro atoms. The van der Waals surface area contributed by atoms with Crippen molar-refractivity contribution in [2.75, 3.05) is 19.6 Å². The minimum Gasteiger partial charge on any atom is -0.459 e. The summed E-state index contributed by atoms with van der Waals surface area (Å²) in [4.78, 5) is 2.49. The molecule has 0 saturated carbocycles. The minimum atomic E-state index is -0.0277. The first-order valence-corrected chi connectivity index (χ1v) is 8.22. The smallest absolute Gasteiger partial charge is 0.134 e. The van der Waals surface area contributed by atoms with Gasteiger partial charge in [-0.15, -0.1) is 0 Å². The predicted octanol–water partition coefficient (Wildman–Crippen LogP) is 3.94. The van der Waals surface area contributed by atoms with Gasteiger partial charge in [0, 0.05) is 11.9 Å².